The molecule has 0 aromatic rings. The lowest BCUT2D eigenvalue weighted by atomic mass is 10.1. The Kier molecular flexibility index (Phi) is 36.7. The second-order valence-corrected chi connectivity index (χ2v) is 17.2. The van der Waals surface area contributed by atoms with Gasteiger partial charge >= 0.3 is 19.8 Å². The van der Waals surface area contributed by atoms with Gasteiger partial charge in [-0.05, 0) is 77.0 Å². The number of rotatable bonds is 39. The number of allylic oxidation sites excluding steroid dienone is 10. The molecule has 0 saturated carbocycles. The van der Waals surface area contributed by atoms with Crippen molar-refractivity contribution in [2.75, 3.05) is 47.5 Å². The molecule has 0 spiro atoms. The Morgan fingerprint density at radius 1 is 0.554 bits per heavy atom. The number of hydrogen-bond acceptors (Lipinski definition) is 7. The summed E-state index contributed by atoms with van der Waals surface area (Å²) in [5, 5.41) is 0. The SMILES string of the molecule is CCCCCCCC/C=C/C/C=C/C/C=C/CCCC(=O)OC[C@H](COP(=O)(O)OCC[N+](C)(C)C)OC(=O)CCCC/C=C/C/C=C/CCCCCCCC. The Hall–Kier alpha value is -2.29. The van der Waals surface area contributed by atoms with E-state index in [1.165, 1.54) is 77.0 Å². The molecule has 0 aliphatic heterocycles. The number of phosphoric ester groups is 1. The zero-order chi connectivity index (χ0) is 41.4. The van der Waals surface area contributed by atoms with E-state index in [4.69, 9.17) is 18.5 Å². The first-order valence-corrected chi connectivity index (χ1v) is 23.5. The van der Waals surface area contributed by atoms with Gasteiger partial charge in [0, 0.05) is 12.8 Å². The summed E-state index contributed by atoms with van der Waals surface area (Å²) in [6.07, 6.45) is 45.7. The van der Waals surface area contributed by atoms with Crippen LogP contribution >= 0.6 is 7.82 Å². The lowest BCUT2D eigenvalue weighted by Gasteiger charge is -2.24. The van der Waals surface area contributed by atoms with E-state index in [2.05, 4.69) is 74.6 Å². The summed E-state index contributed by atoms with van der Waals surface area (Å²) in [6, 6.07) is 0. The van der Waals surface area contributed by atoms with Crippen molar-refractivity contribution >= 4 is 19.8 Å². The third kappa shape index (κ3) is 41.3. The predicted molar refractivity (Wildman–Crippen MR) is 233 cm³/mol. The molecule has 1 N–H and O–H groups in total. The fraction of sp³-hybridized carbons (Fsp3) is 0.739. The minimum Gasteiger partial charge on any atom is -0.462 e. The normalized spacial score (nSPS) is 14.2. The molecule has 0 fully saturated rings. The third-order valence-electron chi connectivity index (χ3n) is 9.02. The fourth-order valence-electron chi connectivity index (χ4n) is 5.53. The van der Waals surface area contributed by atoms with Gasteiger partial charge in [0.15, 0.2) is 6.10 Å². The molecule has 0 aromatic heterocycles. The van der Waals surface area contributed by atoms with Gasteiger partial charge in [0.1, 0.15) is 19.8 Å². The number of nitrogens with zero attached hydrogens (tertiary/aromatic N) is 1. The molecule has 56 heavy (non-hydrogen) atoms. The first-order valence-electron chi connectivity index (χ1n) is 22.0. The number of phosphoric acid groups is 1. The van der Waals surface area contributed by atoms with E-state index in [0.717, 1.165) is 51.4 Å². The first kappa shape index (κ1) is 53.7. The van der Waals surface area contributed by atoms with Crippen LogP contribution in [0.25, 0.3) is 0 Å². The Labute approximate surface area is 343 Å². The quantitative estimate of drug-likeness (QED) is 0.0215. The highest BCUT2D eigenvalue weighted by Crippen LogP contribution is 2.43. The lowest BCUT2D eigenvalue weighted by Crippen LogP contribution is -2.37. The maximum absolute atomic E-state index is 12.7. The summed E-state index contributed by atoms with van der Waals surface area (Å²) in [5.41, 5.74) is 0. The molecular formula is C46H83NO8P+. The van der Waals surface area contributed by atoms with E-state index in [9.17, 15) is 19.0 Å². The van der Waals surface area contributed by atoms with Crippen LogP contribution in [0.2, 0.25) is 0 Å². The van der Waals surface area contributed by atoms with Crippen LogP contribution in [0.1, 0.15) is 168 Å². The summed E-state index contributed by atoms with van der Waals surface area (Å²) in [4.78, 5) is 35.3. The van der Waals surface area contributed by atoms with E-state index in [-0.39, 0.29) is 26.1 Å². The van der Waals surface area contributed by atoms with Crippen molar-refractivity contribution in [3.05, 3.63) is 60.8 Å². The number of ether oxygens (including phenoxy) is 2. The van der Waals surface area contributed by atoms with Gasteiger partial charge in [0.25, 0.3) is 0 Å². The molecule has 0 saturated heterocycles. The molecule has 0 aliphatic rings. The maximum Gasteiger partial charge on any atom is 0.472 e. The molecule has 9 nitrogen and oxygen atoms in total. The van der Waals surface area contributed by atoms with Crippen molar-refractivity contribution in [1.29, 1.82) is 0 Å². The van der Waals surface area contributed by atoms with E-state index < -0.39 is 32.5 Å². The summed E-state index contributed by atoms with van der Waals surface area (Å²) < 4.78 is 34.2. The highest BCUT2D eigenvalue weighted by molar-refractivity contribution is 7.47. The number of quaternary nitrogens is 1. The summed E-state index contributed by atoms with van der Waals surface area (Å²) in [5.74, 6) is -0.902. The van der Waals surface area contributed by atoms with Gasteiger partial charge in [0.2, 0.25) is 0 Å². The van der Waals surface area contributed by atoms with Crippen LogP contribution in [0, 0.1) is 0 Å². The van der Waals surface area contributed by atoms with E-state index >= 15 is 0 Å². The van der Waals surface area contributed by atoms with Gasteiger partial charge in [-0.15, -0.1) is 0 Å². The van der Waals surface area contributed by atoms with Crippen LogP contribution in [0.3, 0.4) is 0 Å². The van der Waals surface area contributed by atoms with Crippen LogP contribution < -0.4 is 0 Å². The van der Waals surface area contributed by atoms with Crippen molar-refractivity contribution < 1.29 is 42.1 Å². The topological polar surface area (TPSA) is 108 Å². The summed E-state index contributed by atoms with van der Waals surface area (Å²) in [7, 11) is 1.42. The molecule has 2 atom stereocenters. The number of hydrogen-bond donors (Lipinski definition) is 1. The zero-order valence-corrected chi connectivity index (χ0v) is 37.2. The Morgan fingerprint density at radius 3 is 1.48 bits per heavy atom. The van der Waals surface area contributed by atoms with Crippen LogP contribution in [-0.2, 0) is 32.7 Å². The van der Waals surface area contributed by atoms with Crippen molar-refractivity contribution in [3.8, 4) is 0 Å². The van der Waals surface area contributed by atoms with Crippen LogP contribution in [0.5, 0.6) is 0 Å². The van der Waals surface area contributed by atoms with Gasteiger partial charge in [-0.2, -0.15) is 0 Å². The molecule has 0 bridgehead atoms. The Balaban J connectivity index is 4.51. The second kappa shape index (κ2) is 38.2. The molecule has 0 aromatic carbocycles. The highest BCUT2D eigenvalue weighted by atomic mass is 31.2. The van der Waals surface area contributed by atoms with Crippen molar-refractivity contribution in [3.63, 3.8) is 0 Å². The maximum atomic E-state index is 12.7. The van der Waals surface area contributed by atoms with Gasteiger partial charge in [-0.3, -0.25) is 18.6 Å². The van der Waals surface area contributed by atoms with Crippen molar-refractivity contribution in [1.82, 2.24) is 0 Å². The predicted octanol–water partition coefficient (Wildman–Crippen LogP) is 12.5. The van der Waals surface area contributed by atoms with E-state index in [0.29, 0.717) is 23.9 Å². The average molecular weight is 809 g/mol. The lowest BCUT2D eigenvalue weighted by molar-refractivity contribution is -0.870. The molecule has 0 radical (unpaired) electrons. The standard InChI is InChI=1S/C46H82NO8P/c1-6-8-10-12-14-16-18-20-22-23-25-26-28-30-32-34-36-38-45(48)52-42-44(43-54-56(50,51)53-41-40-47(3,4)5)55-46(49)39-37-35-33-31-29-27-24-21-19-17-15-13-11-9-7-2/h20-22,24-26,29-32,44H,6-19,23,27-28,33-43H2,1-5H3/p+1/b22-20+,24-21+,26-25+,31-29+,32-30+/t44-/m1/s1. The van der Waals surface area contributed by atoms with E-state index in [1.54, 1.807) is 0 Å². The molecule has 1 unspecified atom stereocenters. The molecule has 10 heteroatoms. The Morgan fingerprint density at radius 2 is 0.982 bits per heavy atom. The van der Waals surface area contributed by atoms with Crippen LogP contribution in [0.4, 0.5) is 0 Å². The molecule has 324 valence electrons. The van der Waals surface area contributed by atoms with Gasteiger partial charge < -0.3 is 18.9 Å². The van der Waals surface area contributed by atoms with Gasteiger partial charge in [0.05, 0.1) is 27.7 Å². The molecule has 0 aliphatic carbocycles. The monoisotopic (exact) mass is 809 g/mol. The van der Waals surface area contributed by atoms with Gasteiger partial charge in [-0.1, -0.05) is 139 Å². The number of esters is 2. The molecule has 0 amide bonds. The number of carbonyl (C=O) groups is 2. The first-order chi connectivity index (χ1) is 27.0. The summed E-state index contributed by atoms with van der Waals surface area (Å²) in [6.45, 7) is 4.30. The largest absolute Gasteiger partial charge is 0.472 e. The summed E-state index contributed by atoms with van der Waals surface area (Å²) >= 11 is 0. The fourth-order valence-corrected chi connectivity index (χ4v) is 6.27. The minimum atomic E-state index is -4.40. The smallest absolute Gasteiger partial charge is 0.462 e. The van der Waals surface area contributed by atoms with E-state index in [1.807, 2.05) is 21.1 Å². The average Bonchev–Trinajstić information content (AvgIpc) is 3.15. The molecular weight excluding hydrogens is 725 g/mol. The highest BCUT2D eigenvalue weighted by Gasteiger charge is 2.27. The second-order valence-electron chi connectivity index (χ2n) is 15.7. The van der Waals surface area contributed by atoms with Crippen LogP contribution in [-0.4, -0.2) is 74.9 Å². The van der Waals surface area contributed by atoms with Crippen LogP contribution in [0.15, 0.2) is 60.8 Å². The Bertz CT molecular complexity index is 1140. The number of likely N-dealkylation sites (N-methyl/N-ethyl adjacent to an activating group) is 1. The number of carbonyl (C=O) groups excluding carboxylic acids is 2. The molecule has 0 heterocycles. The third-order valence-corrected chi connectivity index (χ3v) is 10.0. The zero-order valence-electron chi connectivity index (χ0n) is 36.3. The molecule has 0 rings (SSSR count). The number of unbranched alkanes of at least 4 members (excludes halogenated alkanes) is 15. The van der Waals surface area contributed by atoms with Crippen molar-refractivity contribution in [2.24, 2.45) is 0 Å². The minimum absolute atomic E-state index is 0.0160. The van der Waals surface area contributed by atoms with Gasteiger partial charge in [-0.25, -0.2) is 4.57 Å². The van der Waals surface area contributed by atoms with Crippen molar-refractivity contribution in [2.45, 2.75) is 174 Å².